The van der Waals surface area contributed by atoms with Crippen LogP contribution in [0.5, 0.6) is 6.01 Å². The number of anilines is 1. The minimum atomic E-state index is 0.0844. The molecule has 22 heavy (non-hydrogen) atoms. The average molecular weight is 361 g/mol. The summed E-state index contributed by atoms with van der Waals surface area (Å²) in [7, 11) is 6.72. The molecule has 11 heteroatoms. The van der Waals surface area contributed by atoms with Gasteiger partial charge in [0.2, 0.25) is 0 Å². The van der Waals surface area contributed by atoms with Crippen molar-refractivity contribution >= 4 is 42.3 Å². The van der Waals surface area contributed by atoms with Crippen LogP contribution >= 0.6 is 15.9 Å². The van der Waals surface area contributed by atoms with Gasteiger partial charge in [0.1, 0.15) is 22.7 Å². The van der Waals surface area contributed by atoms with Gasteiger partial charge < -0.3 is 14.6 Å². The molecule has 0 spiro atoms. The van der Waals surface area contributed by atoms with Gasteiger partial charge in [0.05, 0.1) is 13.4 Å². The Kier molecular flexibility index (Phi) is 3.95. The highest BCUT2D eigenvalue weighted by atomic mass is 79.9. The highest BCUT2D eigenvalue weighted by Crippen LogP contribution is 2.20. The van der Waals surface area contributed by atoms with Crippen LogP contribution in [0, 0.1) is 6.92 Å². The summed E-state index contributed by atoms with van der Waals surface area (Å²) >= 11 is 3.34. The van der Waals surface area contributed by atoms with Crippen LogP contribution < -0.4 is 10.0 Å². The number of hydrogen-bond acceptors (Lipinski definition) is 7. The predicted octanol–water partition coefficient (Wildman–Crippen LogP) is 0.919. The zero-order chi connectivity index (χ0) is 16.4. The Hall–Kier alpha value is -2.03. The summed E-state index contributed by atoms with van der Waals surface area (Å²) in [6.07, 6.45) is 1.75. The molecule has 0 amide bonds. The van der Waals surface area contributed by atoms with Gasteiger partial charge in [-0.15, -0.1) is 5.10 Å². The first-order valence-corrected chi connectivity index (χ1v) is 7.14. The van der Waals surface area contributed by atoms with Crippen molar-refractivity contribution in [1.82, 2.24) is 24.7 Å². The summed E-state index contributed by atoms with van der Waals surface area (Å²) < 4.78 is 20.6. The van der Waals surface area contributed by atoms with Crippen molar-refractivity contribution in [3.05, 3.63) is 28.3 Å². The molecule has 3 aromatic heterocycles. The maximum Gasteiger partial charge on any atom is 0.336 e. The van der Waals surface area contributed by atoms with Gasteiger partial charge in [-0.1, -0.05) is 5.16 Å². The molecule has 8 nitrogen and oxygen atoms in total. The van der Waals surface area contributed by atoms with E-state index >= 15 is 0 Å². The standard InChI is InChI=1S/C11H10B2BrN6O2/c1-6-2-7(19-22-6)4-21-11-17-9(16-5-13-12)10-15-3-8(14)20(10)18-11/h2-3H,4-5H2,1H3,(H,16,17,18)/i/hD. The van der Waals surface area contributed by atoms with Crippen LogP contribution in [-0.4, -0.2) is 46.1 Å². The van der Waals surface area contributed by atoms with Gasteiger partial charge in [0, 0.05) is 13.8 Å². The molecule has 0 aromatic carbocycles. The van der Waals surface area contributed by atoms with E-state index in [0.29, 0.717) is 21.7 Å². The Morgan fingerprint density at radius 3 is 3.23 bits per heavy atom. The Bertz CT molecular complexity index is 828. The molecule has 0 bridgehead atoms. The summed E-state index contributed by atoms with van der Waals surface area (Å²) in [5.74, 6) is 0.965. The molecule has 0 unspecified atom stereocenters. The SMILES string of the molecule is [2H]N(C[B][B])c1nc(OCc2cc(C)on2)nn2c(Br)cnc12. The monoisotopic (exact) mass is 360 g/mol. The molecule has 0 aliphatic carbocycles. The zero-order valence-corrected chi connectivity index (χ0v) is 13.2. The fourth-order valence-electron chi connectivity index (χ4n) is 1.75. The number of nitrogens with zero attached hydrogens (tertiary/aromatic N) is 5. The third-order valence-electron chi connectivity index (χ3n) is 2.66. The van der Waals surface area contributed by atoms with Crippen molar-refractivity contribution in [3.8, 4) is 6.01 Å². The Morgan fingerprint density at radius 2 is 2.50 bits per heavy atom. The van der Waals surface area contributed by atoms with Gasteiger partial charge in [-0.2, -0.15) is 9.50 Å². The third-order valence-corrected chi connectivity index (χ3v) is 3.20. The van der Waals surface area contributed by atoms with Crippen molar-refractivity contribution in [2.24, 2.45) is 0 Å². The minimum Gasteiger partial charge on any atom is -0.456 e. The number of halogens is 1. The first-order chi connectivity index (χ1) is 11.1. The molecule has 3 radical (unpaired) electrons. The second-order valence-corrected chi connectivity index (χ2v) is 5.14. The van der Waals surface area contributed by atoms with Crippen LogP contribution in [-0.2, 0) is 6.61 Å². The summed E-state index contributed by atoms with van der Waals surface area (Å²) in [6.45, 7) is 1.94. The molecule has 3 aromatic rings. The van der Waals surface area contributed by atoms with Crippen LogP contribution in [0.2, 0.25) is 1.41 Å². The molecular weight excluding hydrogens is 350 g/mol. The molecule has 0 aliphatic rings. The van der Waals surface area contributed by atoms with Crippen LogP contribution in [0.25, 0.3) is 5.65 Å². The maximum atomic E-state index is 7.98. The minimum absolute atomic E-state index is 0.0844. The van der Waals surface area contributed by atoms with Gasteiger partial charge in [-0.3, -0.25) is 0 Å². The number of rotatable bonds is 6. The smallest absolute Gasteiger partial charge is 0.336 e. The van der Waals surface area contributed by atoms with E-state index < -0.39 is 0 Å². The summed E-state index contributed by atoms with van der Waals surface area (Å²) in [5.41, 5.74) is 1.04. The first-order valence-electron chi connectivity index (χ1n) is 6.79. The lowest BCUT2D eigenvalue weighted by atomic mass is 9.56. The van der Waals surface area contributed by atoms with Gasteiger partial charge >= 0.3 is 6.01 Å². The van der Waals surface area contributed by atoms with E-state index in [1.807, 2.05) is 0 Å². The van der Waals surface area contributed by atoms with Gasteiger partial charge in [-0.05, 0) is 29.3 Å². The molecular formula is C11H10B2BrN6O2. The number of hydrogen-bond donors (Lipinski definition) is 1. The highest BCUT2D eigenvalue weighted by molar-refractivity contribution is 9.10. The van der Waals surface area contributed by atoms with Gasteiger partial charge in [-0.25, -0.2) is 4.98 Å². The van der Waals surface area contributed by atoms with Crippen molar-refractivity contribution in [2.45, 2.75) is 13.5 Å². The molecule has 3 rings (SSSR count). The van der Waals surface area contributed by atoms with Crippen molar-refractivity contribution in [3.63, 3.8) is 0 Å². The largest absolute Gasteiger partial charge is 0.456 e. The van der Waals surface area contributed by atoms with E-state index in [4.69, 9.17) is 18.4 Å². The van der Waals surface area contributed by atoms with Crippen molar-refractivity contribution in [1.29, 1.82) is 0 Å². The normalized spacial score (nSPS) is 11.5. The molecule has 0 saturated heterocycles. The van der Waals surface area contributed by atoms with Crippen LogP contribution in [0.3, 0.4) is 0 Å². The molecule has 0 saturated carbocycles. The quantitative estimate of drug-likeness (QED) is 0.653. The van der Waals surface area contributed by atoms with E-state index in [9.17, 15) is 0 Å². The van der Waals surface area contributed by atoms with Crippen molar-refractivity contribution < 1.29 is 10.7 Å². The number of fused-ring (bicyclic) bond motifs is 1. The molecule has 3 heterocycles. The fourth-order valence-corrected chi connectivity index (χ4v) is 2.10. The topological polar surface area (TPSA) is 90.4 Å². The average Bonchev–Trinajstić information content (AvgIpc) is 3.11. The number of ether oxygens (including phenoxy) is 1. The Morgan fingerprint density at radius 1 is 1.64 bits per heavy atom. The molecule has 0 aliphatic heterocycles. The maximum absolute atomic E-state index is 7.98. The van der Waals surface area contributed by atoms with Crippen LogP contribution in [0.1, 0.15) is 11.5 Å². The summed E-state index contributed by atoms with van der Waals surface area (Å²) in [5, 5.41) is 9.16. The molecule has 1 N–H and O–H groups in total. The molecule has 109 valence electrons. The van der Waals surface area contributed by atoms with E-state index in [1.165, 1.54) is 11.7 Å². The van der Waals surface area contributed by atoms with E-state index in [0.717, 1.165) is 5.31 Å². The second kappa shape index (κ2) is 6.39. The predicted molar refractivity (Wildman–Crippen MR) is 84.1 cm³/mol. The number of nitrogens with one attached hydrogen (secondary N) is 1. The number of imidazole rings is 1. The number of aryl methyl sites for hydroxylation is 1. The lowest BCUT2D eigenvalue weighted by Crippen LogP contribution is -2.13. The van der Waals surface area contributed by atoms with Crippen molar-refractivity contribution in [2.75, 3.05) is 11.8 Å². The highest BCUT2D eigenvalue weighted by Gasteiger charge is 2.13. The zero-order valence-electron chi connectivity index (χ0n) is 12.6. The fraction of sp³-hybridized carbons (Fsp3) is 0.273. The second-order valence-electron chi connectivity index (χ2n) is 4.33. The Balaban J connectivity index is 1.91. The first kappa shape index (κ1) is 13.6. The van der Waals surface area contributed by atoms with E-state index in [-0.39, 0.29) is 24.9 Å². The Labute approximate surface area is 137 Å². The molecule has 0 fully saturated rings. The van der Waals surface area contributed by atoms with E-state index in [2.05, 4.69) is 36.2 Å². The summed E-state index contributed by atoms with van der Waals surface area (Å²) in [4.78, 5) is 8.40. The van der Waals surface area contributed by atoms with Crippen LogP contribution in [0.4, 0.5) is 5.82 Å². The third kappa shape index (κ3) is 3.08. The van der Waals surface area contributed by atoms with E-state index in [1.54, 1.807) is 19.2 Å². The summed E-state index contributed by atoms with van der Waals surface area (Å²) in [6, 6.07) is 1.84. The lowest BCUT2D eigenvalue weighted by molar-refractivity contribution is 0.262. The van der Waals surface area contributed by atoms with Gasteiger partial charge in [0.25, 0.3) is 0 Å². The molecule has 0 atom stereocenters. The van der Waals surface area contributed by atoms with Gasteiger partial charge in [0.15, 0.2) is 12.9 Å². The lowest BCUT2D eigenvalue weighted by Gasteiger charge is -2.08. The number of aromatic nitrogens is 5. The van der Waals surface area contributed by atoms with Crippen LogP contribution in [0.15, 0.2) is 21.4 Å².